The third-order valence-corrected chi connectivity index (χ3v) is 4.51. The van der Waals surface area contributed by atoms with Gasteiger partial charge in [0.15, 0.2) is 0 Å². The number of allylic oxidation sites excluding steroid dienone is 2. The van der Waals surface area contributed by atoms with Gasteiger partial charge in [-0.1, -0.05) is 39.0 Å². The average Bonchev–Trinajstić information content (AvgIpc) is 2.38. The van der Waals surface area contributed by atoms with Gasteiger partial charge >= 0.3 is 0 Å². The average molecular weight is 204 g/mol. The maximum Gasteiger partial charge on any atom is 0.146 e. The minimum Gasteiger partial charge on any atom is -0.298 e. The number of fused-ring (bicyclic) bond motifs is 2. The largest absolute Gasteiger partial charge is 0.298 e. The molecule has 2 aliphatic rings. The predicted molar refractivity (Wildman–Crippen MR) is 62.4 cm³/mol. The Morgan fingerprint density at radius 2 is 2.00 bits per heavy atom. The van der Waals surface area contributed by atoms with Crippen LogP contribution in [0.4, 0.5) is 0 Å². The number of hydrogen-bond donors (Lipinski definition) is 0. The number of ketones is 1. The Hall–Kier alpha value is -0.850. The molecule has 3 atom stereocenters. The van der Waals surface area contributed by atoms with E-state index in [4.69, 9.17) is 0 Å². The first-order valence-corrected chi connectivity index (χ1v) is 5.67. The molecule has 0 aliphatic heterocycles. The van der Waals surface area contributed by atoms with Gasteiger partial charge in [0, 0.05) is 11.3 Å². The second-order valence-electron chi connectivity index (χ2n) is 6.05. The molecule has 0 aromatic rings. The van der Waals surface area contributed by atoms with Crippen LogP contribution in [0.2, 0.25) is 0 Å². The first-order valence-electron chi connectivity index (χ1n) is 5.67. The van der Waals surface area contributed by atoms with Gasteiger partial charge in [0.05, 0.1) is 0 Å². The summed E-state index contributed by atoms with van der Waals surface area (Å²) in [5.41, 5.74) is 1.08. The first kappa shape index (κ1) is 10.7. The van der Waals surface area contributed by atoms with Crippen molar-refractivity contribution < 1.29 is 4.79 Å². The lowest BCUT2D eigenvalue weighted by atomic mass is 9.56. The maximum absolute atomic E-state index is 12.3. The number of rotatable bonds is 1. The first-order chi connectivity index (χ1) is 6.83. The lowest BCUT2D eigenvalue weighted by Gasteiger charge is -2.46. The molecular weight excluding hydrogens is 184 g/mol. The molecule has 0 radical (unpaired) electrons. The Balaban J connectivity index is 2.53. The van der Waals surface area contributed by atoms with Crippen molar-refractivity contribution >= 4 is 5.78 Å². The summed E-state index contributed by atoms with van der Waals surface area (Å²) in [6.45, 7) is 14.4. The Morgan fingerprint density at radius 3 is 2.53 bits per heavy atom. The SMILES string of the molecule is C=C[C@H]1C(C)(C)C(=O)C2C[C@@]1(C)CC2=C. The molecule has 0 heterocycles. The van der Waals surface area contributed by atoms with E-state index in [0.717, 1.165) is 18.4 Å². The van der Waals surface area contributed by atoms with Gasteiger partial charge in [-0.2, -0.15) is 0 Å². The molecule has 0 N–H and O–H groups in total. The van der Waals surface area contributed by atoms with Gasteiger partial charge in [0.25, 0.3) is 0 Å². The van der Waals surface area contributed by atoms with E-state index in [1.165, 1.54) is 0 Å². The van der Waals surface area contributed by atoms with E-state index in [9.17, 15) is 4.79 Å². The van der Waals surface area contributed by atoms with E-state index in [0.29, 0.717) is 5.78 Å². The minimum absolute atomic E-state index is 0.112. The summed E-state index contributed by atoms with van der Waals surface area (Å²) in [7, 11) is 0. The third kappa shape index (κ3) is 1.18. The molecule has 0 spiro atoms. The second-order valence-corrected chi connectivity index (χ2v) is 6.05. The van der Waals surface area contributed by atoms with Gasteiger partial charge < -0.3 is 0 Å². The van der Waals surface area contributed by atoms with Gasteiger partial charge in [0.2, 0.25) is 0 Å². The van der Waals surface area contributed by atoms with E-state index in [-0.39, 0.29) is 22.7 Å². The highest BCUT2D eigenvalue weighted by Crippen LogP contribution is 2.60. The molecule has 2 rings (SSSR count). The Morgan fingerprint density at radius 1 is 1.40 bits per heavy atom. The van der Waals surface area contributed by atoms with Crippen molar-refractivity contribution in [2.75, 3.05) is 0 Å². The maximum atomic E-state index is 12.3. The molecule has 0 aromatic heterocycles. The van der Waals surface area contributed by atoms with E-state index < -0.39 is 0 Å². The molecule has 0 amide bonds. The highest BCUT2D eigenvalue weighted by Gasteiger charge is 2.58. The van der Waals surface area contributed by atoms with Crippen LogP contribution in [0.25, 0.3) is 0 Å². The van der Waals surface area contributed by atoms with Crippen LogP contribution < -0.4 is 0 Å². The molecule has 2 fully saturated rings. The standard InChI is InChI=1S/C14H20O/c1-6-11-13(3,4)12(15)10-8-14(11,5)7-9(10)2/h6,10-11H,1-2,7-8H2,3-5H3/t10?,11-,14+/m0/s1. The molecule has 2 bridgehead atoms. The fraction of sp³-hybridized carbons (Fsp3) is 0.643. The molecule has 0 saturated heterocycles. The van der Waals surface area contributed by atoms with Crippen molar-refractivity contribution in [2.24, 2.45) is 22.7 Å². The Labute approximate surface area is 92.3 Å². The molecule has 15 heavy (non-hydrogen) atoms. The van der Waals surface area contributed by atoms with Crippen LogP contribution in [-0.4, -0.2) is 5.78 Å². The number of carbonyl (C=O) groups excluding carboxylic acids is 1. The molecule has 2 saturated carbocycles. The van der Waals surface area contributed by atoms with Crippen molar-refractivity contribution in [2.45, 2.75) is 33.6 Å². The molecule has 1 heteroatoms. The topological polar surface area (TPSA) is 17.1 Å². The van der Waals surface area contributed by atoms with E-state index in [1.807, 2.05) is 6.08 Å². The zero-order valence-electron chi connectivity index (χ0n) is 9.97. The summed E-state index contributed by atoms with van der Waals surface area (Å²) in [5.74, 6) is 0.765. The zero-order valence-corrected chi connectivity index (χ0v) is 9.97. The number of Topliss-reactive ketones (excluding diaryl/α,β-unsaturated/α-hetero) is 1. The zero-order chi connectivity index (χ0) is 11.4. The Kier molecular flexibility index (Phi) is 2.02. The van der Waals surface area contributed by atoms with Crippen LogP contribution >= 0.6 is 0 Å². The van der Waals surface area contributed by atoms with E-state index in [2.05, 4.69) is 33.9 Å². The Bertz CT molecular complexity index is 350. The third-order valence-electron chi connectivity index (χ3n) is 4.51. The van der Waals surface area contributed by atoms with Gasteiger partial charge in [-0.25, -0.2) is 0 Å². The minimum atomic E-state index is -0.265. The van der Waals surface area contributed by atoms with Crippen molar-refractivity contribution in [1.82, 2.24) is 0 Å². The van der Waals surface area contributed by atoms with Crippen LogP contribution in [0.1, 0.15) is 33.6 Å². The fourth-order valence-corrected chi connectivity index (χ4v) is 3.89. The summed E-state index contributed by atoms with van der Waals surface area (Å²) >= 11 is 0. The van der Waals surface area contributed by atoms with Crippen molar-refractivity contribution in [3.05, 3.63) is 24.8 Å². The van der Waals surface area contributed by atoms with Crippen LogP contribution in [0.5, 0.6) is 0 Å². The van der Waals surface area contributed by atoms with Gasteiger partial charge in [-0.15, -0.1) is 6.58 Å². The van der Waals surface area contributed by atoms with Crippen molar-refractivity contribution in [1.29, 1.82) is 0 Å². The van der Waals surface area contributed by atoms with Crippen LogP contribution in [0.15, 0.2) is 24.8 Å². The van der Waals surface area contributed by atoms with Gasteiger partial charge in [-0.3, -0.25) is 4.79 Å². The lowest BCUT2D eigenvalue weighted by molar-refractivity contribution is -0.138. The van der Waals surface area contributed by atoms with Crippen LogP contribution in [-0.2, 0) is 4.79 Å². The monoisotopic (exact) mass is 204 g/mol. The summed E-state index contributed by atoms with van der Waals surface area (Å²) in [6, 6.07) is 0. The van der Waals surface area contributed by atoms with Crippen LogP contribution in [0.3, 0.4) is 0 Å². The molecule has 0 aromatic carbocycles. The van der Waals surface area contributed by atoms with Crippen molar-refractivity contribution in [3.8, 4) is 0 Å². The molecule has 1 unspecified atom stereocenters. The normalized spacial score (nSPS) is 43.1. The van der Waals surface area contributed by atoms with Gasteiger partial charge in [0.1, 0.15) is 5.78 Å². The molecular formula is C14H20O. The van der Waals surface area contributed by atoms with Crippen molar-refractivity contribution in [3.63, 3.8) is 0 Å². The highest BCUT2D eigenvalue weighted by atomic mass is 16.1. The lowest BCUT2D eigenvalue weighted by Crippen LogP contribution is -2.46. The number of carbonyl (C=O) groups is 1. The predicted octanol–water partition coefficient (Wildman–Crippen LogP) is 3.37. The molecule has 2 aliphatic carbocycles. The van der Waals surface area contributed by atoms with Crippen LogP contribution in [0, 0.1) is 22.7 Å². The quantitative estimate of drug-likeness (QED) is 0.598. The highest BCUT2D eigenvalue weighted by molar-refractivity contribution is 5.91. The smallest absolute Gasteiger partial charge is 0.146 e. The summed E-state index contributed by atoms with van der Waals surface area (Å²) < 4.78 is 0. The molecule has 1 nitrogen and oxygen atoms in total. The molecule has 82 valence electrons. The van der Waals surface area contributed by atoms with E-state index >= 15 is 0 Å². The van der Waals surface area contributed by atoms with Gasteiger partial charge in [-0.05, 0) is 24.2 Å². The summed E-state index contributed by atoms with van der Waals surface area (Å²) in [4.78, 5) is 12.3. The fourth-order valence-electron chi connectivity index (χ4n) is 3.89. The summed E-state index contributed by atoms with van der Waals surface area (Å²) in [6.07, 6.45) is 3.95. The number of hydrogen-bond acceptors (Lipinski definition) is 1. The summed E-state index contributed by atoms with van der Waals surface area (Å²) in [5, 5.41) is 0. The second kappa shape index (κ2) is 2.84. The van der Waals surface area contributed by atoms with E-state index in [1.54, 1.807) is 0 Å².